The molecule has 0 aromatic carbocycles. The van der Waals surface area contributed by atoms with Crippen molar-refractivity contribution in [3.05, 3.63) is 29.9 Å². The second-order valence-electron chi connectivity index (χ2n) is 6.24. The molecule has 1 aliphatic rings. The van der Waals surface area contributed by atoms with Gasteiger partial charge >= 0.3 is 0 Å². The molecule has 23 heavy (non-hydrogen) atoms. The molecule has 2 aromatic heterocycles. The van der Waals surface area contributed by atoms with Gasteiger partial charge in [-0.05, 0) is 13.3 Å². The summed E-state index contributed by atoms with van der Waals surface area (Å²) < 4.78 is 7.52. The maximum Gasteiger partial charge on any atom is 0.243 e. The molecule has 7 heteroatoms. The molecule has 0 unspecified atom stereocenters. The first-order valence-corrected chi connectivity index (χ1v) is 8.42. The molecule has 0 saturated carbocycles. The minimum atomic E-state index is 0.184. The van der Waals surface area contributed by atoms with Crippen LogP contribution < -0.4 is 0 Å². The average molecular weight is 318 g/mol. The number of nitrogens with zero attached hydrogens (tertiary/aromatic N) is 6. The smallest absolute Gasteiger partial charge is 0.243 e. The predicted molar refractivity (Wildman–Crippen MR) is 86.8 cm³/mol. The molecule has 1 aliphatic heterocycles. The van der Waals surface area contributed by atoms with Gasteiger partial charge in [-0.1, -0.05) is 12.1 Å². The SMILES string of the molecule is CCCc1noc([C@@H](C)N2CCN(Cc3nccn3C)CC2)n1. The van der Waals surface area contributed by atoms with E-state index in [1.54, 1.807) is 0 Å². The zero-order valence-electron chi connectivity index (χ0n) is 14.3. The van der Waals surface area contributed by atoms with Gasteiger partial charge in [-0.3, -0.25) is 9.80 Å². The summed E-state index contributed by atoms with van der Waals surface area (Å²) in [6, 6.07) is 0.184. The number of hydrogen-bond donors (Lipinski definition) is 0. The quantitative estimate of drug-likeness (QED) is 0.807. The Bertz CT molecular complexity index is 614. The van der Waals surface area contributed by atoms with E-state index < -0.39 is 0 Å². The molecule has 0 radical (unpaired) electrons. The first-order valence-electron chi connectivity index (χ1n) is 8.42. The van der Waals surface area contributed by atoms with Crippen LogP contribution in [-0.2, 0) is 20.0 Å². The van der Waals surface area contributed by atoms with Gasteiger partial charge in [0.25, 0.3) is 0 Å². The fourth-order valence-electron chi connectivity index (χ4n) is 2.98. The third-order valence-corrected chi connectivity index (χ3v) is 4.56. The molecule has 0 amide bonds. The van der Waals surface area contributed by atoms with E-state index in [1.807, 2.05) is 19.4 Å². The molecule has 0 bridgehead atoms. The summed E-state index contributed by atoms with van der Waals surface area (Å²) >= 11 is 0. The Balaban J connectivity index is 1.52. The van der Waals surface area contributed by atoms with Gasteiger partial charge in [0.2, 0.25) is 5.89 Å². The van der Waals surface area contributed by atoms with E-state index in [-0.39, 0.29) is 6.04 Å². The minimum absolute atomic E-state index is 0.184. The van der Waals surface area contributed by atoms with Crippen LogP contribution in [-0.4, -0.2) is 55.7 Å². The maximum absolute atomic E-state index is 5.43. The molecular weight excluding hydrogens is 292 g/mol. The highest BCUT2D eigenvalue weighted by molar-refractivity contribution is 4.95. The van der Waals surface area contributed by atoms with Crippen LogP contribution in [0.25, 0.3) is 0 Å². The highest BCUT2D eigenvalue weighted by Gasteiger charge is 2.26. The molecule has 1 fully saturated rings. The summed E-state index contributed by atoms with van der Waals surface area (Å²) in [6.45, 7) is 9.28. The average Bonchev–Trinajstić information content (AvgIpc) is 3.18. The minimum Gasteiger partial charge on any atom is -0.338 e. The monoisotopic (exact) mass is 318 g/mol. The Morgan fingerprint density at radius 2 is 2.04 bits per heavy atom. The van der Waals surface area contributed by atoms with E-state index in [2.05, 4.69) is 43.3 Å². The Hall–Kier alpha value is -1.73. The Labute approximate surface area is 137 Å². The molecule has 126 valence electrons. The normalized spacial score (nSPS) is 18.4. The summed E-state index contributed by atoms with van der Waals surface area (Å²) in [4.78, 5) is 13.8. The zero-order chi connectivity index (χ0) is 16.2. The van der Waals surface area contributed by atoms with Crippen molar-refractivity contribution in [1.29, 1.82) is 0 Å². The van der Waals surface area contributed by atoms with Crippen molar-refractivity contribution in [1.82, 2.24) is 29.5 Å². The van der Waals surface area contributed by atoms with Crippen molar-refractivity contribution in [2.45, 2.75) is 39.3 Å². The molecule has 3 rings (SSSR count). The van der Waals surface area contributed by atoms with Gasteiger partial charge in [0.15, 0.2) is 5.82 Å². The number of aromatic nitrogens is 4. The zero-order valence-corrected chi connectivity index (χ0v) is 14.3. The number of aryl methyl sites for hydroxylation is 2. The lowest BCUT2D eigenvalue weighted by Crippen LogP contribution is -2.46. The molecule has 0 N–H and O–H groups in total. The second-order valence-corrected chi connectivity index (χ2v) is 6.24. The molecule has 1 atom stereocenters. The first-order chi connectivity index (χ1) is 11.2. The van der Waals surface area contributed by atoms with Gasteiger partial charge in [0, 0.05) is 52.0 Å². The van der Waals surface area contributed by atoms with Gasteiger partial charge in [0.1, 0.15) is 5.82 Å². The third kappa shape index (κ3) is 3.79. The molecular formula is C16H26N6O. The lowest BCUT2D eigenvalue weighted by atomic mass is 10.2. The summed E-state index contributed by atoms with van der Waals surface area (Å²) in [5.74, 6) is 2.68. The van der Waals surface area contributed by atoms with Crippen LogP contribution in [0.15, 0.2) is 16.9 Å². The van der Waals surface area contributed by atoms with Gasteiger partial charge in [-0.25, -0.2) is 4.98 Å². The maximum atomic E-state index is 5.43. The van der Waals surface area contributed by atoms with Gasteiger partial charge in [-0.2, -0.15) is 4.98 Å². The van der Waals surface area contributed by atoms with Crippen molar-refractivity contribution in [3.8, 4) is 0 Å². The fraction of sp³-hybridized carbons (Fsp3) is 0.688. The largest absolute Gasteiger partial charge is 0.338 e. The van der Waals surface area contributed by atoms with E-state index in [9.17, 15) is 0 Å². The van der Waals surface area contributed by atoms with Crippen molar-refractivity contribution in [2.75, 3.05) is 26.2 Å². The number of piperazine rings is 1. The third-order valence-electron chi connectivity index (χ3n) is 4.56. The van der Waals surface area contributed by atoms with Crippen LogP contribution in [0.4, 0.5) is 0 Å². The van der Waals surface area contributed by atoms with Crippen LogP contribution >= 0.6 is 0 Å². The molecule has 7 nitrogen and oxygen atoms in total. The summed E-state index contributed by atoms with van der Waals surface area (Å²) in [7, 11) is 2.05. The van der Waals surface area contributed by atoms with Crippen LogP contribution in [0.3, 0.4) is 0 Å². The molecule has 0 aliphatic carbocycles. The molecule has 3 heterocycles. The van der Waals surface area contributed by atoms with Crippen LogP contribution in [0, 0.1) is 0 Å². The summed E-state index contributed by atoms with van der Waals surface area (Å²) in [5.41, 5.74) is 0. The highest BCUT2D eigenvalue weighted by atomic mass is 16.5. The van der Waals surface area contributed by atoms with Crippen LogP contribution in [0.2, 0.25) is 0 Å². The van der Waals surface area contributed by atoms with Crippen molar-refractivity contribution >= 4 is 0 Å². The Morgan fingerprint density at radius 3 is 2.70 bits per heavy atom. The summed E-state index contributed by atoms with van der Waals surface area (Å²) in [5, 5.41) is 4.06. The van der Waals surface area contributed by atoms with Crippen LogP contribution in [0.1, 0.15) is 43.8 Å². The first kappa shape index (κ1) is 16.1. The van der Waals surface area contributed by atoms with E-state index in [1.165, 1.54) is 0 Å². The summed E-state index contributed by atoms with van der Waals surface area (Å²) in [6.07, 6.45) is 5.78. The fourth-order valence-corrected chi connectivity index (χ4v) is 2.98. The molecule has 2 aromatic rings. The van der Waals surface area contributed by atoms with Gasteiger partial charge in [-0.15, -0.1) is 0 Å². The number of imidazole rings is 1. The van der Waals surface area contributed by atoms with Gasteiger partial charge < -0.3 is 9.09 Å². The van der Waals surface area contributed by atoms with E-state index in [0.717, 1.165) is 63.1 Å². The van der Waals surface area contributed by atoms with E-state index in [4.69, 9.17) is 4.52 Å². The lowest BCUT2D eigenvalue weighted by Gasteiger charge is -2.36. The number of hydrogen-bond acceptors (Lipinski definition) is 6. The van der Waals surface area contributed by atoms with Crippen molar-refractivity contribution < 1.29 is 4.52 Å². The van der Waals surface area contributed by atoms with E-state index >= 15 is 0 Å². The topological polar surface area (TPSA) is 63.2 Å². The Kier molecular flexibility index (Phi) is 5.07. The van der Waals surface area contributed by atoms with Crippen molar-refractivity contribution in [3.63, 3.8) is 0 Å². The highest BCUT2D eigenvalue weighted by Crippen LogP contribution is 2.20. The van der Waals surface area contributed by atoms with E-state index in [0.29, 0.717) is 0 Å². The molecule has 1 saturated heterocycles. The molecule has 0 spiro atoms. The van der Waals surface area contributed by atoms with Crippen LogP contribution in [0.5, 0.6) is 0 Å². The van der Waals surface area contributed by atoms with Crippen molar-refractivity contribution in [2.24, 2.45) is 7.05 Å². The lowest BCUT2D eigenvalue weighted by molar-refractivity contribution is 0.0827. The predicted octanol–water partition coefficient (Wildman–Crippen LogP) is 1.63. The Morgan fingerprint density at radius 1 is 1.26 bits per heavy atom. The van der Waals surface area contributed by atoms with Gasteiger partial charge in [0.05, 0.1) is 12.6 Å². The second kappa shape index (κ2) is 7.23. The number of rotatable bonds is 6. The standard InChI is InChI=1S/C16H26N6O/c1-4-5-14-18-16(23-19-14)13(2)22-10-8-21(9-11-22)12-15-17-6-7-20(15)3/h6-7,13H,4-5,8-12H2,1-3H3/t13-/m1/s1.